The van der Waals surface area contributed by atoms with Crippen molar-refractivity contribution in [3.05, 3.63) is 52.8 Å². The Morgan fingerprint density at radius 2 is 2.11 bits per heavy atom. The normalized spacial score (nSPS) is 10.7. The Morgan fingerprint density at radius 1 is 1.32 bits per heavy atom. The second kappa shape index (κ2) is 5.83. The molecule has 2 aromatic rings. The molecule has 1 heterocycles. The van der Waals surface area contributed by atoms with Crippen LogP contribution in [0.15, 0.2) is 30.6 Å². The highest BCUT2D eigenvalue weighted by Gasteiger charge is 2.11. The zero-order valence-electron chi connectivity index (χ0n) is 11.8. The van der Waals surface area contributed by atoms with Crippen LogP contribution in [0.3, 0.4) is 0 Å². The minimum atomic E-state index is 0.135. The molecule has 2 rings (SSSR count). The summed E-state index contributed by atoms with van der Waals surface area (Å²) in [4.78, 5) is 12.2. The zero-order valence-corrected chi connectivity index (χ0v) is 11.8. The van der Waals surface area contributed by atoms with E-state index in [-0.39, 0.29) is 5.78 Å². The highest BCUT2D eigenvalue weighted by Crippen LogP contribution is 2.14. The Hall–Kier alpha value is -1.90. The molecule has 0 saturated heterocycles. The molecule has 0 aliphatic carbocycles. The molecule has 0 amide bonds. The van der Waals surface area contributed by atoms with Crippen molar-refractivity contribution in [2.45, 2.75) is 40.2 Å². The highest BCUT2D eigenvalue weighted by molar-refractivity contribution is 5.97. The van der Waals surface area contributed by atoms with Crippen molar-refractivity contribution in [1.29, 1.82) is 0 Å². The third-order valence-electron chi connectivity index (χ3n) is 3.26. The average Bonchev–Trinajstić information content (AvgIpc) is 2.83. The molecule has 0 aliphatic heterocycles. The first kappa shape index (κ1) is 13.5. The molecule has 0 unspecified atom stereocenters. The Bertz CT molecular complexity index is 584. The molecule has 0 saturated carbocycles. The minimum Gasteiger partial charge on any atom is -0.294 e. The maximum atomic E-state index is 12.2. The van der Waals surface area contributed by atoms with Gasteiger partial charge in [-0.1, -0.05) is 30.7 Å². The summed E-state index contributed by atoms with van der Waals surface area (Å²) in [7, 11) is 0. The molecule has 0 fully saturated rings. The van der Waals surface area contributed by atoms with Crippen LogP contribution < -0.4 is 0 Å². The van der Waals surface area contributed by atoms with Crippen molar-refractivity contribution in [2.24, 2.45) is 0 Å². The number of carbonyl (C=O) groups excluding carboxylic acids is 1. The van der Waals surface area contributed by atoms with Gasteiger partial charge in [0.15, 0.2) is 5.78 Å². The summed E-state index contributed by atoms with van der Waals surface area (Å²) >= 11 is 0. The van der Waals surface area contributed by atoms with Gasteiger partial charge >= 0.3 is 0 Å². The number of carbonyl (C=O) groups is 1. The van der Waals surface area contributed by atoms with Crippen LogP contribution in [0.5, 0.6) is 0 Å². The van der Waals surface area contributed by atoms with Gasteiger partial charge in [0.2, 0.25) is 0 Å². The lowest BCUT2D eigenvalue weighted by Gasteiger charge is -2.05. The van der Waals surface area contributed by atoms with Crippen molar-refractivity contribution < 1.29 is 4.79 Å². The maximum Gasteiger partial charge on any atom is 0.170 e. The number of hydrogen-bond donors (Lipinski definition) is 0. The van der Waals surface area contributed by atoms with Crippen molar-refractivity contribution in [2.75, 3.05) is 0 Å². The van der Waals surface area contributed by atoms with Crippen molar-refractivity contribution in [3.63, 3.8) is 0 Å². The molecule has 0 N–H and O–H groups in total. The van der Waals surface area contributed by atoms with Gasteiger partial charge in [0.05, 0.1) is 11.8 Å². The molecule has 3 nitrogen and oxygen atoms in total. The maximum absolute atomic E-state index is 12.2. The van der Waals surface area contributed by atoms with Gasteiger partial charge in [-0.15, -0.1) is 0 Å². The first-order chi connectivity index (χ1) is 9.10. The molecule has 0 atom stereocenters. The third-order valence-corrected chi connectivity index (χ3v) is 3.26. The zero-order chi connectivity index (χ0) is 13.8. The lowest BCUT2D eigenvalue weighted by Crippen LogP contribution is -2.04. The number of aromatic nitrogens is 2. The van der Waals surface area contributed by atoms with Gasteiger partial charge in [0.1, 0.15) is 0 Å². The first-order valence-corrected chi connectivity index (χ1v) is 6.72. The largest absolute Gasteiger partial charge is 0.294 e. The predicted octanol–water partition coefficient (Wildman–Crippen LogP) is 3.34. The minimum absolute atomic E-state index is 0.135. The van der Waals surface area contributed by atoms with Crippen LogP contribution in [0.1, 0.15) is 40.4 Å². The first-order valence-electron chi connectivity index (χ1n) is 6.72. The molecule has 0 spiro atoms. The van der Waals surface area contributed by atoms with Gasteiger partial charge in [-0.2, -0.15) is 5.10 Å². The monoisotopic (exact) mass is 256 g/mol. The van der Waals surface area contributed by atoms with E-state index < -0.39 is 0 Å². The van der Waals surface area contributed by atoms with Crippen LogP contribution in [0.4, 0.5) is 0 Å². The fourth-order valence-corrected chi connectivity index (χ4v) is 2.12. The van der Waals surface area contributed by atoms with Gasteiger partial charge in [-0.25, -0.2) is 0 Å². The third kappa shape index (κ3) is 3.31. The number of aryl methyl sites for hydroxylation is 3. The van der Waals surface area contributed by atoms with Gasteiger partial charge in [-0.3, -0.25) is 9.48 Å². The topological polar surface area (TPSA) is 34.9 Å². The quantitative estimate of drug-likeness (QED) is 0.769. The summed E-state index contributed by atoms with van der Waals surface area (Å²) in [5.74, 6) is 0.135. The number of ketones is 1. The molecule has 0 bridgehead atoms. The van der Waals surface area contributed by atoms with Crippen LogP contribution in [0.2, 0.25) is 0 Å². The molecule has 1 aromatic heterocycles. The van der Waals surface area contributed by atoms with Crippen LogP contribution >= 0.6 is 0 Å². The SMILES string of the molecule is CCCn1cc(C(=O)Cc2cc(C)ccc2C)cn1. The molecule has 0 radical (unpaired) electrons. The van der Waals surface area contributed by atoms with E-state index in [0.29, 0.717) is 12.0 Å². The molecular weight excluding hydrogens is 236 g/mol. The van der Waals surface area contributed by atoms with Crippen LogP contribution in [-0.2, 0) is 13.0 Å². The highest BCUT2D eigenvalue weighted by atomic mass is 16.1. The summed E-state index contributed by atoms with van der Waals surface area (Å²) in [5, 5.41) is 4.20. The number of nitrogens with zero attached hydrogens (tertiary/aromatic N) is 2. The summed E-state index contributed by atoms with van der Waals surface area (Å²) in [6, 6.07) is 6.23. The van der Waals surface area contributed by atoms with E-state index in [2.05, 4.69) is 30.2 Å². The summed E-state index contributed by atoms with van der Waals surface area (Å²) in [6.07, 6.45) is 4.98. The summed E-state index contributed by atoms with van der Waals surface area (Å²) in [6.45, 7) is 7.05. The fraction of sp³-hybridized carbons (Fsp3) is 0.375. The van der Waals surface area contributed by atoms with Crippen molar-refractivity contribution in [3.8, 4) is 0 Å². The van der Waals surface area contributed by atoms with E-state index in [0.717, 1.165) is 18.5 Å². The Labute approximate surface area is 114 Å². The fourth-order valence-electron chi connectivity index (χ4n) is 2.12. The number of rotatable bonds is 5. The average molecular weight is 256 g/mol. The Morgan fingerprint density at radius 3 is 2.84 bits per heavy atom. The van der Waals surface area contributed by atoms with Crippen LogP contribution in [0.25, 0.3) is 0 Å². The standard InChI is InChI=1S/C16H20N2O/c1-4-7-18-11-15(10-17-18)16(19)9-14-8-12(2)5-6-13(14)3/h5-6,8,10-11H,4,7,9H2,1-3H3. The van der Waals surface area contributed by atoms with Crippen LogP contribution in [-0.4, -0.2) is 15.6 Å². The van der Waals surface area contributed by atoms with Gasteiger partial charge in [-0.05, 0) is 31.4 Å². The van der Waals surface area contributed by atoms with Gasteiger partial charge in [0.25, 0.3) is 0 Å². The second-order valence-corrected chi connectivity index (χ2v) is 5.02. The molecule has 3 heteroatoms. The van der Waals surface area contributed by atoms with E-state index >= 15 is 0 Å². The summed E-state index contributed by atoms with van der Waals surface area (Å²) in [5.41, 5.74) is 4.16. The van der Waals surface area contributed by atoms with Gasteiger partial charge < -0.3 is 0 Å². The molecular formula is C16H20N2O. The lowest BCUT2D eigenvalue weighted by atomic mass is 9.99. The number of benzene rings is 1. The second-order valence-electron chi connectivity index (χ2n) is 5.02. The molecule has 0 aliphatic rings. The van der Waals surface area contributed by atoms with Gasteiger partial charge in [0, 0.05) is 19.2 Å². The summed E-state index contributed by atoms with van der Waals surface area (Å²) < 4.78 is 1.83. The number of hydrogen-bond acceptors (Lipinski definition) is 2. The Kier molecular flexibility index (Phi) is 4.15. The smallest absolute Gasteiger partial charge is 0.170 e. The Balaban J connectivity index is 2.13. The predicted molar refractivity (Wildman–Crippen MR) is 76.5 cm³/mol. The van der Waals surface area contributed by atoms with Crippen molar-refractivity contribution >= 4 is 5.78 Å². The molecule has 1 aromatic carbocycles. The van der Waals surface area contributed by atoms with Crippen molar-refractivity contribution in [1.82, 2.24) is 9.78 Å². The molecule has 19 heavy (non-hydrogen) atoms. The van der Waals surface area contributed by atoms with E-state index in [9.17, 15) is 4.79 Å². The van der Waals surface area contributed by atoms with E-state index in [4.69, 9.17) is 0 Å². The van der Waals surface area contributed by atoms with Crippen LogP contribution in [0, 0.1) is 13.8 Å². The molecule has 100 valence electrons. The van der Waals surface area contributed by atoms with E-state index in [1.54, 1.807) is 6.20 Å². The number of Topliss-reactive ketones (excluding diaryl/α,β-unsaturated/α-hetero) is 1. The van der Waals surface area contributed by atoms with E-state index in [1.807, 2.05) is 24.7 Å². The van der Waals surface area contributed by atoms with E-state index in [1.165, 1.54) is 11.1 Å². The lowest BCUT2D eigenvalue weighted by molar-refractivity contribution is 0.0992.